The summed E-state index contributed by atoms with van der Waals surface area (Å²) in [5.74, 6) is 6.99. The number of ether oxygens (including phenoxy) is 1. The molecule has 4 heteroatoms. The molecule has 138 valence electrons. The van der Waals surface area contributed by atoms with Crippen molar-refractivity contribution in [3.05, 3.63) is 101 Å². The summed E-state index contributed by atoms with van der Waals surface area (Å²) in [5.41, 5.74) is 4.50. The number of rotatable bonds is 4. The molecule has 0 unspecified atom stereocenters. The Labute approximate surface area is 163 Å². The zero-order valence-corrected chi connectivity index (χ0v) is 15.5. The SMILES string of the molecule is COc1ccc(-c2cc(-c3ccccc3)c(-c3ccccc3)c(=O)n2N)cc1. The van der Waals surface area contributed by atoms with E-state index in [9.17, 15) is 4.79 Å². The highest BCUT2D eigenvalue weighted by atomic mass is 16.5. The molecular weight excluding hydrogens is 348 g/mol. The summed E-state index contributed by atoms with van der Waals surface area (Å²) in [6.07, 6.45) is 0. The van der Waals surface area contributed by atoms with Gasteiger partial charge in [-0.05, 0) is 47.0 Å². The maximum Gasteiger partial charge on any atom is 0.277 e. The van der Waals surface area contributed by atoms with E-state index in [0.29, 0.717) is 11.3 Å². The van der Waals surface area contributed by atoms with Crippen LogP contribution in [0.5, 0.6) is 5.75 Å². The second kappa shape index (κ2) is 7.45. The van der Waals surface area contributed by atoms with Gasteiger partial charge in [-0.2, -0.15) is 0 Å². The Morgan fingerprint density at radius 1 is 0.750 bits per heavy atom. The molecule has 0 aliphatic carbocycles. The van der Waals surface area contributed by atoms with E-state index in [1.165, 1.54) is 4.68 Å². The van der Waals surface area contributed by atoms with Gasteiger partial charge in [-0.3, -0.25) is 4.79 Å². The third-order valence-corrected chi connectivity index (χ3v) is 4.78. The van der Waals surface area contributed by atoms with Crippen LogP contribution in [-0.4, -0.2) is 11.8 Å². The van der Waals surface area contributed by atoms with Crippen LogP contribution in [0.3, 0.4) is 0 Å². The van der Waals surface area contributed by atoms with E-state index >= 15 is 0 Å². The molecule has 0 spiro atoms. The predicted octanol–water partition coefficient (Wildman–Crippen LogP) is 4.57. The van der Waals surface area contributed by atoms with Crippen LogP contribution in [0.15, 0.2) is 95.8 Å². The summed E-state index contributed by atoms with van der Waals surface area (Å²) >= 11 is 0. The third kappa shape index (κ3) is 3.16. The molecule has 1 aromatic heterocycles. The minimum absolute atomic E-state index is 0.238. The van der Waals surface area contributed by atoms with Crippen LogP contribution in [0.1, 0.15) is 0 Å². The summed E-state index contributed by atoms with van der Waals surface area (Å²) in [6, 6.07) is 29.0. The van der Waals surface area contributed by atoms with Gasteiger partial charge >= 0.3 is 0 Å². The molecule has 0 bridgehead atoms. The molecule has 0 aliphatic rings. The Bertz CT molecular complexity index is 1150. The van der Waals surface area contributed by atoms with Crippen molar-refractivity contribution in [3.8, 4) is 39.3 Å². The summed E-state index contributed by atoms with van der Waals surface area (Å²) in [5, 5.41) is 0. The molecule has 3 aromatic carbocycles. The molecule has 4 aromatic rings. The summed E-state index contributed by atoms with van der Waals surface area (Å²) in [6.45, 7) is 0. The summed E-state index contributed by atoms with van der Waals surface area (Å²) in [7, 11) is 1.62. The van der Waals surface area contributed by atoms with Crippen molar-refractivity contribution in [1.29, 1.82) is 0 Å². The third-order valence-electron chi connectivity index (χ3n) is 4.78. The smallest absolute Gasteiger partial charge is 0.277 e. The highest BCUT2D eigenvalue weighted by molar-refractivity contribution is 5.85. The molecule has 0 radical (unpaired) electrons. The first-order chi connectivity index (χ1) is 13.7. The number of hydrogen-bond donors (Lipinski definition) is 1. The van der Waals surface area contributed by atoms with Crippen LogP contribution in [0.2, 0.25) is 0 Å². The Morgan fingerprint density at radius 2 is 1.32 bits per heavy atom. The van der Waals surface area contributed by atoms with Crippen molar-refractivity contribution in [1.82, 2.24) is 4.68 Å². The second-order valence-corrected chi connectivity index (χ2v) is 6.45. The molecule has 0 saturated carbocycles. The van der Waals surface area contributed by atoms with Gasteiger partial charge < -0.3 is 10.6 Å². The summed E-state index contributed by atoms with van der Waals surface area (Å²) in [4.78, 5) is 13.3. The van der Waals surface area contributed by atoms with Gasteiger partial charge in [-0.1, -0.05) is 60.7 Å². The van der Waals surface area contributed by atoms with Gasteiger partial charge in [-0.15, -0.1) is 0 Å². The van der Waals surface area contributed by atoms with E-state index < -0.39 is 0 Å². The quantitative estimate of drug-likeness (QED) is 0.537. The highest BCUT2D eigenvalue weighted by Gasteiger charge is 2.17. The zero-order chi connectivity index (χ0) is 19.5. The van der Waals surface area contributed by atoms with Crippen molar-refractivity contribution in [2.45, 2.75) is 0 Å². The minimum atomic E-state index is -0.238. The molecular formula is C24H20N2O2. The number of nitrogen functional groups attached to an aromatic ring is 1. The maximum atomic E-state index is 13.3. The minimum Gasteiger partial charge on any atom is -0.497 e. The maximum absolute atomic E-state index is 13.3. The molecule has 28 heavy (non-hydrogen) atoms. The van der Waals surface area contributed by atoms with Crippen LogP contribution in [0.25, 0.3) is 33.5 Å². The number of methoxy groups -OCH3 is 1. The fourth-order valence-electron chi connectivity index (χ4n) is 3.34. The Hall–Kier alpha value is -3.79. The van der Waals surface area contributed by atoms with Crippen molar-refractivity contribution < 1.29 is 4.74 Å². The molecule has 2 N–H and O–H groups in total. The second-order valence-electron chi connectivity index (χ2n) is 6.45. The lowest BCUT2D eigenvalue weighted by molar-refractivity contribution is 0.415. The van der Waals surface area contributed by atoms with Crippen LogP contribution in [-0.2, 0) is 0 Å². The average Bonchev–Trinajstić information content (AvgIpc) is 2.77. The first-order valence-electron chi connectivity index (χ1n) is 8.99. The molecule has 0 saturated heterocycles. The van der Waals surface area contributed by atoms with Gasteiger partial charge in [0.05, 0.1) is 18.4 Å². The van der Waals surface area contributed by atoms with Crippen LogP contribution in [0, 0.1) is 0 Å². The molecule has 0 amide bonds. The van der Waals surface area contributed by atoms with E-state index in [-0.39, 0.29) is 5.56 Å². The van der Waals surface area contributed by atoms with Gasteiger partial charge in [0.2, 0.25) is 0 Å². The molecule has 0 atom stereocenters. The van der Waals surface area contributed by atoms with Crippen LogP contribution >= 0.6 is 0 Å². The van der Waals surface area contributed by atoms with Gasteiger partial charge in [0, 0.05) is 5.56 Å². The Balaban J connectivity index is 2.00. The van der Waals surface area contributed by atoms with E-state index in [1.807, 2.05) is 91.0 Å². The topological polar surface area (TPSA) is 57.2 Å². The Kier molecular flexibility index (Phi) is 4.68. The Morgan fingerprint density at radius 3 is 1.89 bits per heavy atom. The molecule has 1 heterocycles. The standard InChI is InChI=1S/C24H20N2O2/c1-28-20-14-12-18(13-15-20)22-16-21(17-8-4-2-5-9-17)23(24(27)26(22)25)19-10-6-3-7-11-19/h2-16H,25H2,1H3. The molecule has 0 aliphatic heterocycles. The van der Waals surface area contributed by atoms with E-state index in [0.717, 1.165) is 28.0 Å². The largest absolute Gasteiger partial charge is 0.497 e. The fourth-order valence-corrected chi connectivity index (χ4v) is 3.34. The van der Waals surface area contributed by atoms with Crippen molar-refractivity contribution >= 4 is 0 Å². The summed E-state index contributed by atoms with van der Waals surface area (Å²) < 4.78 is 6.45. The highest BCUT2D eigenvalue weighted by Crippen LogP contribution is 2.33. The number of benzene rings is 3. The predicted molar refractivity (Wildman–Crippen MR) is 114 cm³/mol. The monoisotopic (exact) mass is 368 g/mol. The molecule has 0 fully saturated rings. The lowest BCUT2D eigenvalue weighted by Crippen LogP contribution is -2.30. The lowest BCUT2D eigenvalue weighted by Gasteiger charge is -2.16. The zero-order valence-electron chi connectivity index (χ0n) is 15.5. The fraction of sp³-hybridized carbons (Fsp3) is 0.0417. The van der Waals surface area contributed by atoms with Gasteiger partial charge in [0.15, 0.2) is 0 Å². The van der Waals surface area contributed by atoms with Gasteiger partial charge in [-0.25, -0.2) is 4.68 Å². The van der Waals surface area contributed by atoms with Crippen LogP contribution < -0.4 is 16.1 Å². The van der Waals surface area contributed by atoms with Crippen molar-refractivity contribution in [3.63, 3.8) is 0 Å². The van der Waals surface area contributed by atoms with E-state index in [4.69, 9.17) is 10.6 Å². The first kappa shape index (κ1) is 17.6. The van der Waals surface area contributed by atoms with E-state index in [2.05, 4.69) is 0 Å². The van der Waals surface area contributed by atoms with Gasteiger partial charge in [0.25, 0.3) is 5.56 Å². The van der Waals surface area contributed by atoms with Gasteiger partial charge in [0.1, 0.15) is 5.75 Å². The normalized spacial score (nSPS) is 10.6. The first-order valence-corrected chi connectivity index (χ1v) is 8.99. The number of aromatic nitrogens is 1. The number of hydrogen-bond acceptors (Lipinski definition) is 3. The van der Waals surface area contributed by atoms with Crippen LogP contribution in [0.4, 0.5) is 0 Å². The molecule has 4 nitrogen and oxygen atoms in total. The van der Waals surface area contributed by atoms with E-state index in [1.54, 1.807) is 7.11 Å². The van der Waals surface area contributed by atoms with Crippen molar-refractivity contribution in [2.75, 3.05) is 13.0 Å². The lowest BCUT2D eigenvalue weighted by atomic mass is 9.94. The number of pyridine rings is 1. The number of nitrogens with two attached hydrogens (primary N) is 1. The average molecular weight is 368 g/mol. The van der Waals surface area contributed by atoms with Crippen molar-refractivity contribution in [2.24, 2.45) is 0 Å². The number of nitrogens with zero attached hydrogens (tertiary/aromatic N) is 1. The molecule has 4 rings (SSSR count).